The Morgan fingerprint density at radius 1 is 1.30 bits per heavy atom. The van der Waals surface area contributed by atoms with Crippen molar-refractivity contribution in [3.8, 4) is 0 Å². The lowest BCUT2D eigenvalue weighted by molar-refractivity contribution is -0.150. The third kappa shape index (κ3) is 4.91. The van der Waals surface area contributed by atoms with Gasteiger partial charge in [-0.3, -0.25) is 19.3 Å². The number of rotatable bonds is 9. The van der Waals surface area contributed by atoms with Gasteiger partial charge in [0.1, 0.15) is 17.1 Å². The van der Waals surface area contributed by atoms with E-state index in [2.05, 4.69) is 25.1 Å². The molecule has 3 aliphatic heterocycles. The number of likely N-dealkylation sites (tertiary alicyclic amines) is 1. The molecule has 1 saturated carbocycles. The van der Waals surface area contributed by atoms with E-state index in [9.17, 15) is 29.5 Å². The summed E-state index contributed by atoms with van der Waals surface area (Å²) in [4.78, 5) is 57.2. The molecule has 0 spiro atoms. The molecule has 1 aliphatic carbocycles. The number of carboxylic acids is 1. The van der Waals surface area contributed by atoms with E-state index in [1.165, 1.54) is 11.8 Å². The van der Waals surface area contributed by atoms with Crippen molar-refractivity contribution in [3.63, 3.8) is 0 Å². The Labute approximate surface area is 218 Å². The molecule has 4 aliphatic rings. The number of nitrogens with one attached hydrogen (secondary N) is 2. The molecule has 14 nitrogen and oxygen atoms in total. The summed E-state index contributed by atoms with van der Waals surface area (Å²) in [6.45, 7) is 1.87. The van der Waals surface area contributed by atoms with Gasteiger partial charge in [-0.1, -0.05) is 5.16 Å². The molecule has 3 fully saturated rings. The van der Waals surface area contributed by atoms with Crippen molar-refractivity contribution in [1.82, 2.24) is 29.8 Å². The largest absolute Gasteiger partial charge is 0.477 e. The van der Waals surface area contributed by atoms with Crippen LogP contribution in [-0.2, 0) is 19.2 Å². The van der Waals surface area contributed by atoms with Crippen LogP contribution in [0.1, 0.15) is 25.1 Å². The summed E-state index contributed by atoms with van der Waals surface area (Å²) in [7, 11) is 0. The summed E-state index contributed by atoms with van der Waals surface area (Å²) in [5.74, 6) is -2.93. The molecule has 4 heterocycles. The molecule has 1 aromatic heterocycles. The van der Waals surface area contributed by atoms with E-state index in [0.717, 1.165) is 29.3 Å². The minimum atomic E-state index is -1.30. The second-order valence-corrected chi connectivity index (χ2v) is 10.8. The highest BCUT2D eigenvalue weighted by Crippen LogP contribution is 2.41. The average molecular weight is 549 g/mol. The average Bonchev–Trinajstić information content (AvgIpc) is 3.51. The number of nitrogens with zero attached hydrogens (tertiary/aromatic N) is 5. The fourth-order valence-corrected chi connectivity index (χ4v) is 6.14. The van der Waals surface area contributed by atoms with Crippen LogP contribution in [0, 0.1) is 0 Å². The Balaban J connectivity index is 1.28. The van der Waals surface area contributed by atoms with Gasteiger partial charge < -0.3 is 31.6 Å². The third-order valence-corrected chi connectivity index (χ3v) is 8.25. The lowest BCUT2D eigenvalue weighted by Gasteiger charge is -2.49. The maximum atomic E-state index is 12.9. The Morgan fingerprint density at radius 3 is 2.73 bits per heavy atom. The van der Waals surface area contributed by atoms with Crippen LogP contribution >= 0.6 is 23.3 Å². The van der Waals surface area contributed by atoms with Gasteiger partial charge in [0.2, 0.25) is 17.4 Å². The van der Waals surface area contributed by atoms with Gasteiger partial charge in [-0.25, -0.2) is 4.79 Å². The molecule has 37 heavy (non-hydrogen) atoms. The minimum absolute atomic E-state index is 0.0642. The number of allylic oxidation sites excluding steroid dienone is 1. The molecule has 0 aromatic carbocycles. The summed E-state index contributed by atoms with van der Waals surface area (Å²) in [5.41, 5.74) is 5.66. The van der Waals surface area contributed by atoms with Gasteiger partial charge in [0, 0.05) is 48.5 Å². The molecule has 6 N–H and O–H groups in total. The number of carbonyl (C=O) groups excluding carboxylic acids is 3. The quantitative estimate of drug-likeness (QED) is 0.0828. The zero-order valence-corrected chi connectivity index (χ0v) is 21.0. The number of hydrogen-bond acceptors (Lipinski definition) is 12. The monoisotopic (exact) mass is 548 g/mol. The molecular weight excluding hydrogens is 524 g/mol. The van der Waals surface area contributed by atoms with Crippen molar-refractivity contribution >= 4 is 57.8 Å². The predicted octanol–water partition coefficient (Wildman–Crippen LogP) is -1.05. The van der Waals surface area contributed by atoms with Crippen molar-refractivity contribution in [2.45, 2.75) is 36.7 Å². The summed E-state index contributed by atoms with van der Waals surface area (Å²) in [6, 6.07) is -0.493. The summed E-state index contributed by atoms with van der Waals surface area (Å²) in [6.07, 6.45) is 4.41. The van der Waals surface area contributed by atoms with E-state index >= 15 is 0 Å². The van der Waals surface area contributed by atoms with Gasteiger partial charge in [0.15, 0.2) is 5.13 Å². The molecule has 0 radical (unpaired) electrons. The first-order valence-electron chi connectivity index (χ1n) is 11.5. The van der Waals surface area contributed by atoms with Crippen molar-refractivity contribution in [1.29, 1.82) is 0 Å². The number of aromatic nitrogens is 2. The summed E-state index contributed by atoms with van der Waals surface area (Å²) in [5, 5.41) is 27.3. The number of thioether (sulfide) groups is 1. The van der Waals surface area contributed by atoms with Crippen molar-refractivity contribution in [3.05, 3.63) is 28.7 Å². The summed E-state index contributed by atoms with van der Waals surface area (Å²) >= 11 is 2.07. The molecule has 0 unspecified atom stereocenters. The van der Waals surface area contributed by atoms with Gasteiger partial charge in [-0.2, -0.15) is 9.36 Å². The fourth-order valence-electron chi connectivity index (χ4n) is 4.40. The Morgan fingerprint density at radius 2 is 2.08 bits per heavy atom. The first kappa shape index (κ1) is 25.2. The third-order valence-electron chi connectivity index (χ3n) is 6.41. The Hall–Kier alpha value is -3.50. The number of amides is 3. The predicted molar refractivity (Wildman–Crippen MR) is 133 cm³/mol. The lowest BCUT2D eigenvalue weighted by Crippen LogP contribution is -2.71. The van der Waals surface area contributed by atoms with Crippen LogP contribution in [0.2, 0.25) is 0 Å². The molecule has 16 heteroatoms. The molecule has 3 amide bonds. The van der Waals surface area contributed by atoms with Crippen LogP contribution in [-0.4, -0.2) is 102 Å². The molecule has 5 rings (SSSR count). The molecule has 2 atom stereocenters. The summed E-state index contributed by atoms with van der Waals surface area (Å²) < 4.78 is 3.82. The van der Waals surface area contributed by atoms with E-state index in [1.807, 2.05) is 0 Å². The number of hydrogen-bond donors (Lipinski definition) is 5. The highest BCUT2D eigenvalue weighted by atomic mass is 32.2. The number of carboxylic acid groups (broad SMARTS) is 1. The zero-order chi connectivity index (χ0) is 26.3. The van der Waals surface area contributed by atoms with E-state index < -0.39 is 34.9 Å². The fraction of sp³-hybridized carbons (Fsp3) is 0.476. The second kappa shape index (κ2) is 10.1. The minimum Gasteiger partial charge on any atom is -0.477 e. The first-order valence-corrected chi connectivity index (χ1v) is 13.4. The van der Waals surface area contributed by atoms with E-state index in [-0.39, 0.29) is 28.3 Å². The van der Waals surface area contributed by atoms with Crippen LogP contribution in [0.25, 0.3) is 0 Å². The Bertz CT molecular complexity index is 1260. The number of nitrogen functional groups attached to an aromatic ring is 1. The van der Waals surface area contributed by atoms with Crippen LogP contribution in [0.4, 0.5) is 5.13 Å². The number of β-lactam (4-membered cyclic amide) rings is 1. The van der Waals surface area contributed by atoms with Gasteiger partial charge in [-0.15, -0.1) is 11.8 Å². The smallest absolute Gasteiger partial charge is 0.352 e. The lowest BCUT2D eigenvalue weighted by atomic mass is 10.0. The van der Waals surface area contributed by atoms with Crippen molar-refractivity contribution < 1.29 is 29.5 Å². The molecule has 196 valence electrons. The van der Waals surface area contributed by atoms with E-state index in [1.54, 1.807) is 11.0 Å². The maximum Gasteiger partial charge on any atom is 0.352 e. The van der Waals surface area contributed by atoms with Crippen LogP contribution in [0.5, 0.6) is 0 Å². The van der Waals surface area contributed by atoms with Gasteiger partial charge in [-0.05, 0) is 30.9 Å². The highest BCUT2D eigenvalue weighted by Gasteiger charge is 2.54. The first-order chi connectivity index (χ1) is 17.8. The van der Waals surface area contributed by atoms with Crippen molar-refractivity contribution in [2.75, 3.05) is 31.1 Å². The number of carbonyl (C=O) groups is 4. The maximum absolute atomic E-state index is 12.9. The number of aliphatic carboxylic acids is 1. The van der Waals surface area contributed by atoms with Crippen molar-refractivity contribution in [2.24, 2.45) is 5.16 Å². The van der Waals surface area contributed by atoms with Gasteiger partial charge >= 0.3 is 5.97 Å². The van der Waals surface area contributed by atoms with E-state index in [4.69, 9.17) is 5.73 Å². The SMILES string of the molecule is Nc1nc(/C(=N/O)C(=O)N[C@@H]2C(=O)N3C(C(=O)O)=C(/C=C4\CCN(CCNC5CC5)C4=O)CS[C@H]23)ns1. The number of oxime groups is 1. The number of fused-ring (bicyclic) bond motifs is 1. The topological polar surface area (TPSA) is 203 Å². The van der Waals surface area contributed by atoms with Crippen LogP contribution in [0.15, 0.2) is 28.1 Å². The van der Waals surface area contributed by atoms with Crippen LogP contribution in [0.3, 0.4) is 0 Å². The van der Waals surface area contributed by atoms with Gasteiger partial charge in [0.05, 0.1) is 0 Å². The second-order valence-electron chi connectivity index (χ2n) is 8.88. The molecule has 1 aromatic rings. The molecule has 2 saturated heterocycles. The highest BCUT2D eigenvalue weighted by molar-refractivity contribution is 8.00. The number of anilines is 1. The van der Waals surface area contributed by atoms with E-state index in [0.29, 0.717) is 43.2 Å². The zero-order valence-electron chi connectivity index (χ0n) is 19.4. The van der Waals surface area contributed by atoms with Gasteiger partial charge in [0.25, 0.3) is 11.8 Å². The standard InChI is InChI=1S/C21H24N8O6S2/c22-21-25-15(27-37-21)12(26-35)16(30)24-13-18(32)29-14(20(33)34)10(8-36-19(13)29)7-9-3-5-28(17(9)31)6-4-23-11-1-2-11/h7,11,13,19,23,35H,1-6,8H2,(H,24,30)(H,33,34)(H2,22,25,27)/b9-7+,26-12-/t13-,19-/m1/s1. The molecular formula is C21H24N8O6S2. The number of nitrogens with two attached hydrogens (primary N) is 1. The molecule has 0 bridgehead atoms. The normalized spacial score (nSPS) is 25.0. The van der Waals surface area contributed by atoms with Crippen LogP contribution < -0.4 is 16.4 Å². The Kier molecular flexibility index (Phi) is 6.87.